The van der Waals surface area contributed by atoms with Crippen molar-refractivity contribution < 1.29 is 27.5 Å². The molecule has 0 saturated carbocycles. The number of esters is 1. The summed E-state index contributed by atoms with van der Waals surface area (Å²) in [6, 6.07) is 8.46. The number of carbonyl (C=O) groups is 2. The van der Waals surface area contributed by atoms with Gasteiger partial charge in [-0.3, -0.25) is 4.79 Å². The number of rotatable bonds is 7. The molecular formula is C18H18ClNO6S. The van der Waals surface area contributed by atoms with Gasteiger partial charge in [0.25, 0.3) is 0 Å². The highest BCUT2D eigenvalue weighted by molar-refractivity contribution is 7.89. The van der Waals surface area contributed by atoms with Gasteiger partial charge in [0.15, 0.2) is 5.78 Å². The Morgan fingerprint density at radius 2 is 1.78 bits per heavy atom. The van der Waals surface area contributed by atoms with Crippen molar-refractivity contribution in [3.05, 3.63) is 58.1 Å². The van der Waals surface area contributed by atoms with Crippen molar-refractivity contribution in [2.45, 2.75) is 25.3 Å². The van der Waals surface area contributed by atoms with Gasteiger partial charge in [-0.15, -0.1) is 0 Å². The summed E-state index contributed by atoms with van der Waals surface area (Å²) in [7, 11) is -4.08. The summed E-state index contributed by atoms with van der Waals surface area (Å²) in [5.41, 5.74) is 0.940. The molecule has 2 aromatic rings. The van der Waals surface area contributed by atoms with Crippen LogP contribution in [0.5, 0.6) is 5.75 Å². The molecule has 0 aromatic heterocycles. The third kappa shape index (κ3) is 5.29. The Morgan fingerprint density at radius 3 is 2.37 bits per heavy atom. The zero-order chi connectivity index (χ0) is 20.2. The molecule has 0 atom stereocenters. The Morgan fingerprint density at radius 1 is 1.11 bits per heavy atom. The summed E-state index contributed by atoms with van der Waals surface area (Å²) in [6.45, 7) is 3.46. The van der Waals surface area contributed by atoms with Crippen molar-refractivity contribution in [1.29, 1.82) is 0 Å². The fourth-order valence-corrected chi connectivity index (χ4v) is 3.35. The maximum absolute atomic E-state index is 12.3. The number of hydrogen-bond acceptors (Lipinski definition) is 6. The predicted octanol–water partition coefficient (Wildman–Crippen LogP) is 2.95. The number of hydrogen-bond donors (Lipinski definition) is 1. The van der Waals surface area contributed by atoms with Crippen LogP contribution in [0.3, 0.4) is 0 Å². The Hall–Kier alpha value is -2.42. The van der Waals surface area contributed by atoms with E-state index in [-0.39, 0.29) is 27.9 Å². The van der Waals surface area contributed by atoms with Crippen LogP contribution in [-0.2, 0) is 21.4 Å². The first-order chi connectivity index (χ1) is 12.6. The van der Waals surface area contributed by atoms with E-state index in [9.17, 15) is 18.0 Å². The molecule has 0 amide bonds. The molecule has 144 valence electrons. The second kappa shape index (κ2) is 8.51. The van der Waals surface area contributed by atoms with Crippen LogP contribution >= 0.6 is 11.6 Å². The van der Waals surface area contributed by atoms with Gasteiger partial charge in [-0.25, -0.2) is 18.4 Å². The minimum atomic E-state index is -4.08. The molecule has 0 radical (unpaired) electrons. The average molecular weight is 412 g/mol. The lowest BCUT2D eigenvalue weighted by atomic mass is 10.1. The summed E-state index contributed by atoms with van der Waals surface area (Å²) in [4.78, 5) is 23.5. The first kappa shape index (κ1) is 20.9. The number of primary sulfonamides is 1. The van der Waals surface area contributed by atoms with Gasteiger partial charge in [-0.2, -0.15) is 0 Å². The number of ether oxygens (including phenoxy) is 2. The maximum atomic E-state index is 12.3. The summed E-state index contributed by atoms with van der Waals surface area (Å²) in [6.07, 6.45) is 0. The lowest BCUT2D eigenvalue weighted by Crippen LogP contribution is -2.14. The quantitative estimate of drug-likeness (QED) is 0.553. The van der Waals surface area contributed by atoms with E-state index in [4.69, 9.17) is 26.2 Å². The van der Waals surface area contributed by atoms with Crippen LogP contribution in [0.15, 0.2) is 41.3 Å². The molecule has 0 spiro atoms. The van der Waals surface area contributed by atoms with Crippen molar-refractivity contribution >= 4 is 33.4 Å². The van der Waals surface area contributed by atoms with Crippen LogP contribution in [0.2, 0.25) is 5.02 Å². The minimum Gasteiger partial charge on any atom is -0.493 e. The van der Waals surface area contributed by atoms with E-state index >= 15 is 0 Å². The third-order valence-electron chi connectivity index (χ3n) is 3.60. The number of Topliss-reactive ketones (excluding diaryl/α,β-unsaturated/α-hetero) is 1. The first-order valence-electron chi connectivity index (χ1n) is 7.89. The van der Waals surface area contributed by atoms with Gasteiger partial charge in [-0.1, -0.05) is 11.6 Å². The first-order valence-corrected chi connectivity index (χ1v) is 9.82. The molecule has 0 saturated heterocycles. The number of carbonyl (C=O) groups excluding carboxylic acids is 2. The molecule has 0 aliphatic heterocycles. The molecule has 0 heterocycles. The maximum Gasteiger partial charge on any atom is 0.338 e. The normalized spacial score (nSPS) is 11.1. The van der Waals surface area contributed by atoms with E-state index in [1.807, 2.05) is 0 Å². The molecule has 9 heteroatoms. The molecule has 2 N–H and O–H groups in total. The van der Waals surface area contributed by atoms with Gasteiger partial charge in [0.1, 0.15) is 17.3 Å². The Bertz CT molecular complexity index is 987. The van der Waals surface area contributed by atoms with E-state index in [2.05, 4.69) is 0 Å². The summed E-state index contributed by atoms with van der Waals surface area (Å²) in [5, 5.41) is 4.98. The summed E-state index contributed by atoms with van der Waals surface area (Å²) >= 11 is 5.80. The van der Waals surface area contributed by atoms with Crippen molar-refractivity contribution in [3.8, 4) is 5.75 Å². The van der Waals surface area contributed by atoms with E-state index in [1.165, 1.54) is 19.1 Å². The zero-order valence-electron chi connectivity index (χ0n) is 14.7. The monoisotopic (exact) mass is 411 g/mol. The minimum absolute atomic E-state index is 0.0240. The van der Waals surface area contributed by atoms with Gasteiger partial charge in [0, 0.05) is 11.1 Å². The van der Waals surface area contributed by atoms with Crippen molar-refractivity contribution in [3.63, 3.8) is 0 Å². The van der Waals surface area contributed by atoms with Gasteiger partial charge < -0.3 is 9.47 Å². The van der Waals surface area contributed by atoms with Crippen LogP contribution in [0.25, 0.3) is 0 Å². The van der Waals surface area contributed by atoms with Crippen LogP contribution in [0.1, 0.15) is 40.1 Å². The van der Waals surface area contributed by atoms with Crippen LogP contribution in [0, 0.1) is 0 Å². The Labute approximate surface area is 162 Å². The number of halogens is 1. The van der Waals surface area contributed by atoms with Gasteiger partial charge >= 0.3 is 5.97 Å². The highest BCUT2D eigenvalue weighted by Gasteiger charge is 2.18. The second-order valence-corrected chi connectivity index (χ2v) is 7.52. The topological polar surface area (TPSA) is 113 Å². The average Bonchev–Trinajstić information content (AvgIpc) is 2.60. The molecular weight excluding hydrogens is 394 g/mol. The molecule has 2 aromatic carbocycles. The smallest absolute Gasteiger partial charge is 0.338 e. The second-order valence-electron chi connectivity index (χ2n) is 5.58. The Balaban J connectivity index is 2.25. The van der Waals surface area contributed by atoms with Gasteiger partial charge in [0.2, 0.25) is 10.0 Å². The summed E-state index contributed by atoms with van der Waals surface area (Å²) in [5.74, 6) is -0.426. The van der Waals surface area contributed by atoms with E-state index < -0.39 is 16.0 Å². The third-order valence-corrected chi connectivity index (χ3v) is 4.99. The molecule has 0 aliphatic carbocycles. The molecule has 2 rings (SSSR count). The number of benzene rings is 2. The zero-order valence-corrected chi connectivity index (χ0v) is 16.3. The van der Waals surface area contributed by atoms with E-state index in [0.29, 0.717) is 23.5 Å². The van der Waals surface area contributed by atoms with Gasteiger partial charge in [0.05, 0.1) is 17.2 Å². The number of sulfonamides is 1. The molecule has 0 fully saturated rings. The molecule has 7 nitrogen and oxygen atoms in total. The fraction of sp³-hybridized carbons (Fsp3) is 0.222. The highest BCUT2D eigenvalue weighted by Crippen LogP contribution is 2.24. The van der Waals surface area contributed by atoms with Crippen molar-refractivity contribution in [2.75, 3.05) is 6.61 Å². The lowest BCUT2D eigenvalue weighted by Gasteiger charge is -2.12. The van der Waals surface area contributed by atoms with Gasteiger partial charge in [-0.05, 0) is 50.2 Å². The summed E-state index contributed by atoms with van der Waals surface area (Å²) < 4.78 is 33.7. The van der Waals surface area contributed by atoms with E-state index in [1.54, 1.807) is 25.1 Å². The van der Waals surface area contributed by atoms with Crippen LogP contribution in [-0.4, -0.2) is 26.8 Å². The Kier molecular flexibility index (Phi) is 6.59. The molecule has 27 heavy (non-hydrogen) atoms. The lowest BCUT2D eigenvalue weighted by molar-refractivity contribution is 0.0469. The van der Waals surface area contributed by atoms with Crippen molar-refractivity contribution in [2.24, 2.45) is 5.14 Å². The van der Waals surface area contributed by atoms with E-state index in [0.717, 1.165) is 6.07 Å². The molecule has 0 unspecified atom stereocenters. The standard InChI is InChI=1S/C18H18ClNO6S/c1-3-25-16-7-5-12(11(2)21)8-14(16)10-26-18(22)13-4-6-15(19)17(9-13)27(20,23)24/h4-9H,3,10H2,1-2H3,(H2,20,23,24). The predicted molar refractivity (Wildman–Crippen MR) is 99.6 cm³/mol. The van der Waals surface area contributed by atoms with Crippen LogP contribution in [0.4, 0.5) is 0 Å². The van der Waals surface area contributed by atoms with Crippen molar-refractivity contribution in [1.82, 2.24) is 0 Å². The largest absolute Gasteiger partial charge is 0.493 e. The fourth-order valence-electron chi connectivity index (χ4n) is 2.28. The SMILES string of the molecule is CCOc1ccc(C(C)=O)cc1COC(=O)c1ccc(Cl)c(S(N)(=O)=O)c1. The van der Waals surface area contributed by atoms with Crippen LogP contribution < -0.4 is 9.88 Å². The number of ketones is 1. The highest BCUT2D eigenvalue weighted by atomic mass is 35.5. The number of nitrogens with two attached hydrogens (primary N) is 1. The molecule has 0 aliphatic rings. The molecule has 0 bridgehead atoms.